The van der Waals surface area contributed by atoms with Crippen LogP contribution in [-0.2, 0) is 16.4 Å². The first-order chi connectivity index (χ1) is 13.6. The molecule has 29 heavy (non-hydrogen) atoms. The molecule has 8 nitrogen and oxygen atoms in total. The van der Waals surface area contributed by atoms with Crippen molar-refractivity contribution in [2.75, 3.05) is 27.9 Å². The number of alkyl halides is 3. The highest BCUT2D eigenvalue weighted by Gasteiger charge is 2.40. The number of anilines is 3. The summed E-state index contributed by atoms with van der Waals surface area (Å²) in [4.78, 5) is 0. The van der Waals surface area contributed by atoms with Crippen LogP contribution in [0.25, 0.3) is 11.3 Å². The monoisotopic (exact) mass is 428 g/mol. The van der Waals surface area contributed by atoms with Crippen molar-refractivity contribution in [3.63, 3.8) is 0 Å². The Kier molecular flexibility index (Phi) is 4.77. The number of nitrogens with zero attached hydrogens (tertiary/aromatic N) is 2. The van der Waals surface area contributed by atoms with Gasteiger partial charge in [0.25, 0.3) is 0 Å². The smallest absolute Gasteiger partial charge is 0.365 e. The molecule has 0 aliphatic carbocycles. The van der Waals surface area contributed by atoms with Crippen LogP contribution in [0.3, 0.4) is 0 Å². The second-order valence-electron chi connectivity index (χ2n) is 7.06. The minimum absolute atomic E-state index is 0.186. The molecule has 1 unspecified atom stereocenters. The molecule has 2 aromatic rings. The lowest BCUT2D eigenvalue weighted by atomic mass is 10.0. The lowest BCUT2D eigenvalue weighted by molar-refractivity contribution is -0.136. The van der Waals surface area contributed by atoms with Crippen LogP contribution in [0.15, 0.2) is 18.2 Å². The predicted molar refractivity (Wildman–Crippen MR) is 103 cm³/mol. The lowest BCUT2D eigenvalue weighted by Crippen LogP contribution is -2.38. The maximum absolute atomic E-state index is 13.3. The number of hydrogen-bond donors (Lipinski definition) is 4. The molecule has 0 amide bonds. The molecule has 2 aliphatic heterocycles. The van der Waals surface area contributed by atoms with Crippen molar-refractivity contribution in [2.24, 2.45) is 0 Å². The number of fused-ring (bicyclic) bond motifs is 1. The normalized spacial score (nSPS) is 20.5. The summed E-state index contributed by atoms with van der Waals surface area (Å²) in [6.07, 6.45) is -2.66. The molecule has 0 radical (unpaired) electrons. The van der Waals surface area contributed by atoms with E-state index in [4.69, 9.17) is 0 Å². The zero-order valence-corrected chi connectivity index (χ0v) is 16.2. The van der Waals surface area contributed by atoms with Crippen LogP contribution in [0.4, 0.5) is 30.4 Å². The molecule has 4 rings (SSSR count). The SMILES string of the molecule is Cc1cc(NC2CCCNC2)nnc1-c1ccc(C(F)(F)F)c2c1NS(=O)(=O)N2. The molecule has 2 aliphatic rings. The third-order valence-corrected chi connectivity index (χ3v) is 5.82. The average Bonchev–Trinajstić information content (AvgIpc) is 2.96. The number of benzene rings is 1. The fraction of sp³-hybridized carbons (Fsp3) is 0.412. The molecular formula is C17H19F3N6O2S. The molecule has 1 aromatic heterocycles. The van der Waals surface area contributed by atoms with Gasteiger partial charge in [0.1, 0.15) is 5.82 Å². The molecule has 0 spiro atoms. The topological polar surface area (TPSA) is 108 Å². The van der Waals surface area contributed by atoms with Crippen LogP contribution in [0.1, 0.15) is 24.0 Å². The Labute approximate surface area is 165 Å². The number of rotatable bonds is 3. The van der Waals surface area contributed by atoms with Gasteiger partial charge in [0, 0.05) is 18.2 Å². The molecule has 3 heterocycles. The van der Waals surface area contributed by atoms with Gasteiger partial charge in [0.05, 0.1) is 22.6 Å². The summed E-state index contributed by atoms with van der Waals surface area (Å²) in [6, 6.07) is 4.00. The second-order valence-corrected chi connectivity index (χ2v) is 8.48. The lowest BCUT2D eigenvalue weighted by Gasteiger charge is -2.24. The molecule has 0 saturated carbocycles. The molecule has 1 aromatic carbocycles. The van der Waals surface area contributed by atoms with E-state index in [1.807, 2.05) is 4.72 Å². The maximum atomic E-state index is 13.3. The summed E-state index contributed by atoms with van der Waals surface area (Å²) in [7, 11) is -4.13. The molecule has 1 atom stereocenters. The van der Waals surface area contributed by atoms with Gasteiger partial charge in [-0.15, -0.1) is 10.2 Å². The Morgan fingerprint density at radius 3 is 2.59 bits per heavy atom. The molecule has 1 saturated heterocycles. The second kappa shape index (κ2) is 7.02. The number of hydrogen-bond acceptors (Lipinski definition) is 6. The standard InChI is InChI=1S/C17H19F3N6O2S/c1-9-7-13(22-10-3-2-6-21-8-10)23-24-14(9)11-4-5-12(17(18,19)20)16-15(11)25-29(27,28)26-16/h4-5,7,10,21,25-26H,2-3,6,8H2,1H3,(H,22,23). The van der Waals surface area contributed by atoms with Gasteiger partial charge >= 0.3 is 16.4 Å². The highest BCUT2D eigenvalue weighted by molar-refractivity contribution is 7.94. The van der Waals surface area contributed by atoms with Crippen molar-refractivity contribution in [3.8, 4) is 11.3 Å². The minimum Gasteiger partial charge on any atom is -0.365 e. The number of halogens is 3. The fourth-order valence-electron chi connectivity index (χ4n) is 3.55. The molecule has 0 bridgehead atoms. The van der Waals surface area contributed by atoms with Crippen LogP contribution in [0.5, 0.6) is 0 Å². The van der Waals surface area contributed by atoms with E-state index in [2.05, 4.69) is 25.6 Å². The highest BCUT2D eigenvalue weighted by atomic mass is 32.2. The third kappa shape index (κ3) is 3.94. The zero-order valence-electron chi connectivity index (χ0n) is 15.4. The van der Waals surface area contributed by atoms with Gasteiger partial charge in [0.2, 0.25) is 0 Å². The van der Waals surface area contributed by atoms with Gasteiger partial charge < -0.3 is 10.6 Å². The Bertz CT molecular complexity index is 1050. The Morgan fingerprint density at radius 1 is 1.17 bits per heavy atom. The number of nitrogens with one attached hydrogen (secondary N) is 4. The number of piperidine rings is 1. The van der Waals surface area contributed by atoms with Crippen molar-refractivity contribution >= 4 is 27.4 Å². The van der Waals surface area contributed by atoms with Crippen molar-refractivity contribution in [3.05, 3.63) is 29.3 Å². The maximum Gasteiger partial charge on any atom is 0.418 e. The van der Waals surface area contributed by atoms with Gasteiger partial charge in [-0.05, 0) is 50.1 Å². The average molecular weight is 428 g/mol. The van der Waals surface area contributed by atoms with E-state index < -0.39 is 27.6 Å². The van der Waals surface area contributed by atoms with Crippen molar-refractivity contribution < 1.29 is 21.6 Å². The third-order valence-electron chi connectivity index (χ3n) is 4.87. The number of aromatic nitrogens is 2. The van der Waals surface area contributed by atoms with Crippen molar-refractivity contribution in [1.82, 2.24) is 15.5 Å². The van der Waals surface area contributed by atoms with Gasteiger partial charge in [-0.3, -0.25) is 9.44 Å². The van der Waals surface area contributed by atoms with Crippen LogP contribution in [0.2, 0.25) is 0 Å². The molecule has 4 N–H and O–H groups in total. The highest BCUT2D eigenvalue weighted by Crippen LogP contribution is 2.47. The molecule has 156 valence electrons. The summed E-state index contributed by atoms with van der Waals surface area (Å²) in [5.74, 6) is 0.558. The fourth-order valence-corrected chi connectivity index (χ4v) is 4.56. The van der Waals surface area contributed by atoms with E-state index in [1.54, 1.807) is 13.0 Å². The molecule has 12 heteroatoms. The number of aryl methyl sites for hydroxylation is 1. The van der Waals surface area contributed by atoms with Crippen LogP contribution in [0, 0.1) is 6.92 Å². The van der Waals surface area contributed by atoms with E-state index >= 15 is 0 Å². The summed E-state index contributed by atoms with van der Waals surface area (Å²) >= 11 is 0. The summed E-state index contributed by atoms with van der Waals surface area (Å²) in [5.41, 5.74) is -0.620. The van der Waals surface area contributed by atoms with Crippen LogP contribution >= 0.6 is 0 Å². The van der Waals surface area contributed by atoms with Gasteiger partial charge in [-0.2, -0.15) is 21.6 Å². The zero-order chi connectivity index (χ0) is 20.8. The quantitative estimate of drug-likeness (QED) is 0.599. The van der Waals surface area contributed by atoms with Crippen molar-refractivity contribution in [1.29, 1.82) is 0 Å². The van der Waals surface area contributed by atoms with E-state index in [9.17, 15) is 21.6 Å². The van der Waals surface area contributed by atoms with Crippen LogP contribution < -0.4 is 20.1 Å². The summed E-state index contributed by atoms with van der Waals surface area (Å²) < 4.78 is 67.6. The van der Waals surface area contributed by atoms with Gasteiger partial charge in [0.15, 0.2) is 0 Å². The first-order valence-corrected chi connectivity index (χ1v) is 10.5. The van der Waals surface area contributed by atoms with Crippen molar-refractivity contribution in [2.45, 2.75) is 32.0 Å². The molecular weight excluding hydrogens is 409 g/mol. The first kappa shape index (κ1) is 19.7. The minimum atomic E-state index is -4.71. The Hall–Kier alpha value is -2.60. The Morgan fingerprint density at radius 2 is 1.93 bits per heavy atom. The van der Waals surface area contributed by atoms with E-state index in [1.165, 1.54) is 6.07 Å². The first-order valence-electron chi connectivity index (χ1n) is 9.01. The summed E-state index contributed by atoms with van der Waals surface area (Å²) in [5, 5.41) is 14.9. The Balaban J connectivity index is 1.71. The predicted octanol–water partition coefficient (Wildman–Crippen LogP) is 2.72. The van der Waals surface area contributed by atoms with E-state index in [0.29, 0.717) is 17.1 Å². The van der Waals surface area contributed by atoms with Gasteiger partial charge in [-0.25, -0.2) is 0 Å². The molecule has 1 fully saturated rings. The van der Waals surface area contributed by atoms with Crippen LogP contribution in [-0.4, -0.2) is 37.7 Å². The summed E-state index contributed by atoms with van der Waals surface area (Å²) in [6.45, 7) is 3.53. The van der Waals surface area contributed by atoms with E-state index in [0.717, 1.165) is 32.0 Å². The largest absolute Gasteiger partial charge is 0.418 e. The van der Waals surface area contributed by atoms with Gasteiger partial charge in [-0.1, -0.05) is 0 Å². The van der Waals surface area contributed by atoms with E-state index in [-0.39, 0.29) is 17.3 Å².